The van der Waals surface area contributed by atoms with Gasteiger partial charge in [0, 0.05) is 10.1 Å². The van der Waals surface area contributed by atoms with Gasteiger partial charge in [-0.15, -0.1) is 11.8 Å². The number of hydrogen-bond donors (Lipinski definition) is 0. The predicted octanol–water partition coefficient (Wildman–Crippen LogP) is 3.33. The quantitative estimate of drug-likeness (QED) is 0.684. The number of rotatable bonds is 3. The summed E-state index contributed by atoms with van der Waals surface area (Å²) in [5.41, 5.74) is 0. The van der Waals surface area contributed by atoms with Crippen LogP contribution in [-0.2, 0) is 0 Å². The zero-order valence-corrected chi connectivity index (χ0v) is 8.71. The van der Waals surface area contributed by atoms with Crippen LogP contribution in [0.4, 0.5) is 0 Å². The van der Waals surface area contributed by atoms with Crippen LogP contribution in [0.3, 0.4) is 0 Å². The lowest BCUT2D eigenvalue weighted by molar-refractivity contribution is 0.731. The lowest BCUT2D eigenvalue weighted by atomic mass is 10.1. The Kier molecular flexibility index (Phi) is 3.85. The summed E-state index contributed by atoms with van der Waals surface area (Å²) in [5, 5.41) is 9.07. The first-order valence-corrected chi connectivity index (χ1v) is 5.23. The summed E-state index contributed by atoms with van der Waals surface area (Å²) in [6.45, 7) is 4.05. The van der Waals surface area contributed by atoms with Crippen LogP contribution in [0.25, 0.3) is 0 Å². The third-order valence-electron chi connectivity index (χ3n) is 1.97. The van der Waals surface area contributed by atoms with E-state index in [2.05, 4.69) is 25.1 Å². The molecule has 0 heterocycles. The smallest absolute Gasteiger partial charge is 0.0664 e. The average Bonchev–Trinajstić information content (AvgIpc) is 2.18. The first-order chi connectivity index (χ1) is 6.24. The van der Waals surface area contributed by atoms with E-state index >= 15 is 0 Å². The van der Waals surface area contributed by atoms with Crippen LogP contribution in [0, 0.1) is 17.2 Å². The fourth-order valence-electron chi connectivity index (χ4n) is 0.921. The van der Waals surface area contributed by atoms with Crippen molar-refractivity contribution in [3.63, 3.8) is 0 Å². The summed E-state index contributed by atoms with van der Waals surface area (Å²) in [4.78, 5) is 1.23. The molecule has 13 heavy (non-hydrogen) atoms. The zero-order chi connectivity index (χ0) is 9.68. The molecule has 0 aliphatic rings. The third kappa shape index (κ3) is 3.12. The molecular formula is C11H13NS. The second kappa shape index (κ2) is 4.94. The SMILES string of the molecule is CC(C#N)C(C)Sc1ccccc1. The molecule has 2 atom stereocenters. The minimum atomic E-state index is 0.102. The highest BCUT2D eigenvalue weighted by molar-refractivity contribution is 8.00. The van der Waals surface area contributed by atoms with Gasteiger partial charge in [-0.3, -0.25) is 0 Å². The summed E-state index contributed by atoms with van der Waals surface area (Å²) in [5.74, 6) is 0.102. The highest BCUT2D eigenvalue weighted by atomic mass is 32.2. The molecule has 0 bridgehead atoms. The predicted molar refractivity (Wildman–Crippen MR) is 56.5 cm³/mol. The molecule has 0 saturated heterocycles. The van der Waals surface area contributed by atoms with E-state index in [1.807, 2.05) is 25.1 Å². The molecule has 0 amide bonds. The van der Waals surface area contributed by atoms with Crippen LogP contribution in [0.5, 0.6) is 0 Å². The van der Waals surface area contributed by atoms with Gasteiger partial charge in [-0.1, -0.05) is 25.1 Å². The molecule has 0 spiro atoms. The van der Waals surface area contributed by atoms with E-state index in [0.29, 0.717) is 5.25 Å². The molecule has 2 unspecified atom stereocenters. The van der Waals surface area contributed by atoms with Crippen molar-refractivity contribution < 1.29 is 0 Å². The van der Waals surface area contributed by atoms with Crippen LogP contribution in [0.2, 0.25) is 0 Å². The van der Waals surface area contributed by atoms with Crippen molar-refractivity contribution in [1.29, 1.82) is 5.26 Å². The van der Waals surface area contributed by atoms with Gasteiger partial charge in [-0.2, -0.15) is 5.26 Å². The minimum Gasteiger partial charge on any atom is -0.198 e. The van der Waals surface area contributed by atoms with Crippen molar-refractivity contribution in [1.82, 2.24) is 0 Å². The first-order valence-electron chi connectivity index (χ1n) is 4.35. The number of nitriles is 1. The Morgan fingerprint density at radius 1 is 1.23 bits per heavy atom. The maximum absolute atomic E-state index is 8.72. The molecule has 1 aromatic carbocycles. The second-order valence-corrected chi connectivity index (χ2v) is 4.50. The number of nitrogens with zero attached hydrogens (tertiary/aromatic N) is 1. The highest BCUT2D eigenvalue weighted by Crippen LogP contribution is 2.26. The summed E-state index contributed by atoms with van der Waals surface area (Å²) in [6, 6.07) is 12.5. The Bertz CT molecular complexity index is 289. The van der Waals surface area contributed by atoms with E-state index in [4.69, 9.17) is 5.26 Å². The summed E-state index contributed by atoms with van der Waals surface area (Å²) in [6.07, 6.45) is 0. The fraction of sp³-hybridized carbons (Fsp3) is 0.364. The van der Waals surface area contributed by atoms with Crippen LogP contribution < -0.4 is 0 Å². The summed E-state index contributed by atoms with van der Waals surface area (Å²) in [7, 11) is 0. The van der Waals surface area contributed by atoms with Crippen molar-refractivity contribution in [3.8, 4) is 6.07 Å². The van der Waals surface area contributed by atoms with E-state index in [9.17, 15) is 0 Å². The fourth-order valence-corrected chi connectivity index (χ4v) is 1.93. The molecule has 1 nitrogen and oxygen atoms in total. The van der Waals surface area contributed by atoms with Gasteiger partial charge in [-0.25, -0.2) is 0 Å². The van der Waals surface area contributed by atoms with E-state index < -0.39 is 0 Å². The molecule has 0 saturated carbocycles. The molecule has 0 aliphatic heterocycles. The zero-order valence-electron chi connectivity index (χ0n) is 7.90. The van der Waals surface area contributed by atoms with Gasteiger partial charge >= 0.3 is 0 Å². The molecule has 1 rings (SSSR count). The summed E-state index contributed by atoms with van der Waals surface area (Å²) < 4.78 is 0. The van der Waals surface area contributed by atoms with Gasteiger partial charge in [-0.05, 0) is 19.1 Å². The van der Waals surface area contributed by atoms with Gasteiger partial charge in [0.2, 0.25) is 0 Å². The summed E-state index contributed by atoms with van der Waals surface area (Å²) >= 11 is 1.75. The van der Waals surface area contributed by atoms with Crippen LogP contribution in [0.1, 0.15) is 13.8 Å². The number of hydrogen-bond acceptors (Lipinski definition) is 2. The lowest BCUT2D eigenvalue weighted by Gasteiger charge is -2.12. The Morgan fingerprint density at radius 2 is 1.85 bits per heavy atom. The molecule has 68 valence electrons. The number of thioether (sulfide) groups is 1. The van der Waals surface area contributed by atoms with E-state index in [1.54, 1.807) is 11.8 Å². The molecule has 0 N–H and O–H groups in total. The van der Waals surface area contributed by atoms with Gasteiger partial charge < -0.3 is 0 Å². The van der Waals surface area contributed by atoms with Crippen molar-refractivity contribution in [2.24, 2.45) is 5.92 Å². The Hall–Kier alpha value is -0.940. The third-order valence-corrected chi connectivity index (χ3v) is 3.30. The van der Waals surface area contributed by atoms with Gasteiger partial charge in [0.05, 0.1) is 12.0 Å². The van der Waals surface area contributed by atoms with Gasteiger partial charge in [0.15, 0.2) is 0 Å². The molecule has 0 aliphatic carbocycles. The maximum Gasteiger partial charge on any atom is 0.0664 e. The lowest BCUT2D eigenvalue weighted by Crippen LogP contribution is -2.06. The molecule has 1 aromatic rings. The van der Waals surface area contributed by atoms with Gasteiger partial charge in [0.25, 0.3) is 0 Å². The Morgan fingerprint density at radius 3 is 2.38 bits per heavy atom. The maximum atomic E-state index is 8.72. The second-order valence-electron chi connectivity index (χ2n) is 3.05. The topological polar surface area (TPSA) is 23.8 Å². The largest absolute Gasteiger partial charge is 0.198 e. The minimum absolute atomic E-state index is 0.102. The molecule has 0 aromatic heterocycles. The van der Waals surface area contributed by atoms with E-state index in [1.165, 1.54) is 4.90 Å². The average molecular weight is 191 g/mol. The van der Waals surface area contributed by atoms with Crippen molar-refractivity contribution >= 4 is 11.8 Å². The first kappa shape index (κ1) is 10.1. The van der Waals surface area contributed by atoms with Crippen molar-refractivity contribution in [3.05, 3.63) is 30.3 Å². The monoisotopic (exact) mass is 191 g/mol. The normalized spacial score (nSPS) is 14.5. The van der Waals surface area contributed by atoms with Crippen LogP contribution in [-0.4, -0.2) is 5.25 Å². The van der Waals surface area contributed by atoms with Crippen LogP contribution in [0.15, 0.2) is 35.2 Å². The molecule has 2 heteroatoms. The molecule has 0 radical (unpaired) electrons. The molecule has 0 fully saturated rings. The molecular weight excluding hydrogens is 178 g/mol. The van der Waals surface area contributed by atoms with E-state index in [0.717, 1.165) is 0 Å². The van der Waals surface area contributed by atoms with Crippen molar-refractivity contribution in [2.75, 3.05) is 0 Å². The van der Waals surface area contributed by atoms with E-state index in [-0.39, 0.29) is 5.92 Å². The standard InChI is InChI=1S/C11H13NS/c1-9(8-12)10(2)13-11-6-4-3-5-7-11/h3-7,9-10H,1-2H3. The van der Waals surface area contributed by atoms with Crippen molar-refractivity contribution in [2.45, 2.75) is 24.0 Å². The Labute approximate surface area is 83.8 Å². The highest BCUT2D eigenvalue weighted by Gasteiger charge is 2.11. The number of benzene rings is 1. The van der Waals surface area contributed by atoms with Gasteiger partial charge in [0.1, 0.15) is 0 Å². The van der Waals surface area contributed by atoms with Crippen LogP contribution >= 0.6 is 11.8 Å². The Balaban J connectivity index is 2.56.